The van der Waals surface area contributed by atoms with Gasteiger partial charge in [0.25, 0.3) is 0 Å². The minimum atomic E-state index is -1.54. The van der Waals surface area contributed by atoms with Gasteiger partial charge in [0, 0.05) is 33.9 Å². The Kier molecular flexibility index (Phi) is 11.7. The first kappa shape index (κ1) is 33.6. The maximum Gasteiger partial charge on any atom is 2.00 e. The van der Waals surface area contributed by atoms with Gasteiger partial charge in [-0.15, -0.1) is 0 Å². The van der Waals surface area contributed by atoms with Crippen LogP contribution in [0.15, 0.2) is 138 Å². The van der Waals surface area contributed by atoms with Gasteiger partial charge < -0.3 is 15.0 Å². The van der Waals surface area contributed by atoms with Crippen molar-refractivity contribution in [3.63, 3.8) is 0 Å². The summed E-state index contributed by atoms with van der Waals surface area (Å²) in [5, 5.41) is 27.2. The van der Waals surface area contributed by atoms with Crippen molar-refractivity contribution >= 4 is 47.0 Å². The van der Waals surface area contributed by atoms with Crippen LogP contribution in [-0.2, 0) is 34.1 Å². The number of benzene rings is 4. The van der Waals surface area contributed by atoms with Crippen molar-refractivity contribution in [2.75, 3.05) is 0 Å². The molecule has 0 saturated heterocycles. The first-order chi connectivity index (χ1) is 21.3. The molecule has 0 amide bonds. The molecule has 1 aromatic heterocycles. The van der Waals surface area contributed by atoms with Crippen molar-refractivity contribution in [2.24, 2.45) is 15.4 Å². The first-order valence-corrected chi connectivity index (χ1v) is 14.6. The number of aliphatic imine (C=N–C) groups is 2. The number of carboxylic acids is 1. The second-order valence-electron chi connectivity index (χ2n) is 10.3. The minimum Gasteiger partial charge on any atom is -0.857 e. The van der Waals surface area contributed by atoms with Crippen LogP contribution in [-0.4, -0.2) is 23.1 Å². The van der Waals surface area contributed by atoms with Gasteiger partial charge in [-0.1, -0.05) is 102 Å². The van der Waals surface area contributed by atoms with Gasteiger partial charge in [0.05, 0.1) is 22.8 Å². The summed E-state index contributed by atoms with van der Waals surface area (Å²) in [5.41, 5.74) is 2.02. The summed E-state index contributed by atoms with van der Waals surface area (Å²) in [4.78, 5) is 26.5. The molecule has 6 nitrogen and oxygen atoms in total. The van der Waals surface area contributed by atoms with E-state index in [9.17, 15) is 15.0 Å². The van der Waals surface area contributed by atoms with Crippen LogP contribution in [0.1, 0.15) is 34.0 Å². The van der Waals surface area contributed by atoms with Gasteiger partial charge >= 0.3 is 16.5 Å². The van der Waals surface area contributed by atoms with E-state index in [4.69, 9.17) is 28.2 Å². The number of halogens is 2. The van der Waals surface area contributed by atoms with Crippen LogP contribution in [0.4, 0.5) is 5.69 Å². The van der Waals surface area contributed by atoms with Crippen molar-refractivity contribution in [3.8, 4) is 0 Å². The maximum atomic E-state index is 13.1. The second kappa shape index (κ2) is 15.6. The maximum absolute atomic E-state index is 13.1. The fourth-order valence-electron chi connectivity index (χ4n) is 4.96. The quantitative estimate of drug-likeness (QED) is 0.0943. The molecule has 9 heteroatoms. The van der Waals surface area contributed by atoms with E-state index in [1.54, 1.807) is 78.9 Å². The average molecular weight is 679 g/mol. The Balaban J connectivity index is 0.00000461. The third-order valence-corrected chi connectivity index (χ3v) is 7.70. The molecule has 5 aromatic rings. The molecular weight excluding hydrogens is 652 g/mol. The molecule has 0 radical (unpaired) electrons. The van der Waals surface area contributed by atoms with Crippen molar-refractivity contribution in [1.29, 1.82) is 0 Å². The zero-order valence-corrected chi connectivity index (χ0v) is 26.3. The van der Waals surface area contributed by atoms with E-state index in [0.717, 1.165) is 16.7 Å². The van der Waals surface area contributed by atoms with Crippen LogP contribution < -0.4 is 10.2 Å². The first-order valence-electron chi connectivity index (χ1n) is 13.9. The predicted octanol–water partition coefficient (Wildman–Crippen LogP) is 6.21. The van der Waals surface area contributed by atoms with Crippen LogP contribution in [0.5, 0.6) is 0 Å². The predicted molar refractivity (Wildman–Crippen MR) is 171 cm³/mol. The molecule has 0 spiro atoms. The summed E-state index contributed by atoms with van der Waals surface area (Å²) in [6, 6.07) is 35.1. The normalized spacial score (nSPS) is 12.4. The third-order valence-electron chi connectivity index (χ3n) is 7.20. The van der Waals surface area contributed by atoms with E-state index in [2.05, 4.69) is 9.98 Å². The number of pyridine rings is 1. The van der Waals surface area contributed by atoms with Crippen molar-refractivity contribution < 1.29 is 31.5 Å². The Bertz CT molecular complexity index is 1720. The zero-order chi connectivity index (χ0) is 30.9. The molecule has 0 aliphatic rings. The number of carbonyl (C=O) groups excluding carboxylic acids is 1. The smallest absolute Gasteiger partial charge is 0.857 e. The molecule has 0 fully saturated rings. The number of hydrogen-bond acceptors (Lipinski definition) is 6. The molecule has 228 valence electrons. The van der Waals surface area contributed by atoms with Crippen LogP contribution >= 0.6 is 23.2 Å². The van der Waals surface area contributed by atoms with E-state index in [1.165, 1.54) is 12.4 Å². The van der Waals surface area contributed by atoms with Gasteiger partial charge in [0.1, 0.15) is 6.04 Å². The molecule has 0 aliphatic carbocycles. The van der Waals surface area contributed by atoms with Crippen molar-refractivity contribution in [1.82, 2.24) is 4.98 Å². The molecule has 1 atom stereocenters. The number of carboxylic acid groups (broad SMARTS) is 1. The van der Waals surface area contributed by atoms with Crippen LogP contribution in [0, 0.1) is 5.41 Å². The monoisotopic (exact) mass is 677 g/mol. The van der Waals surface area contributed by atoms with E-state index in [0.29, 0.717) is 21.3 Å². The number of carbonyl (C=O) groups is 1. The topological polar surface area (TPSA) is 101 Å². The fraction of sp³-hybridized carbons (Fsp3) is 0.111. The number of nitrogens with zero attached hydrogens (tertiary/aromatic N) is 3. The number of hydrogen-bond donors (Lipinski definition) is 0. The fourth-order valence-corrected chi connectivity index (χ4v) is 5.21. The van der Waals surface area contributed by atoms with Gasteiger partial charge in [-0.25, -0.2) is 0 Å². The van der Waals surface area contributed by atoms with Gasteiger partial charge in [-0.05, 0) is 72.0 Å². The van der Waals surface area contributed by atoms with Gasteiger partial charge in [-0.2, -0.15) is 0 Å². The number of aromatic nitrogens is 1. The van der Waals surface area contributed by atoms with Crippen LogP contribution in [0.3, 0.4) is 0 Å². The standard InChI is InChI=1S/C36H29Cl2N3O3.Ni/c37-28-17-13-25(14-18-28)22-36(35(43)44,23-26-15-19-29(38)20-16-26)24-40-33(27-8-2-1-3-9-27)30-10-4-5-11-31(30)41-34(42)32-12-6-7-21-39-32;/h1-21,24,33H,22-23H2,(H,41,42)(H,43,44);/q;+2/p-2. The van der Waals surface area contributed by atoms with E-state index in [1.807, 2.05) is 42.5 Å². The molecule has 0 bridgehead atoms. The molecule has 45 heavy (non-hydrogen) atoms. The summed E-state index contributed by atoms with van der Waals surface area (Å²) in [6.45, 7) is 0. The molecule has 0 N–H and O–H groups in total. The SMILES string of the molecule is O=C([O-])C(C=NC(c1ccccc1)c1ccccc1N=C([O-])c1ccccn1)(Cc1ccc(Cl)cc1)Cc1ccc(Cl)cc1.[Ni+2]. The zero-order valence-electron chi connectivity index (χ0n) is 23.8. The Morgan fingerprint density at radius 3 is 1.87 bits per heavy atom. The molecule has 5 rings (SSSR count). The number of para-hydroxylation sites is 1. The Hall–Kier alpha value is -4.29. The van der Waals surface area contributed by atoms with Crippen molar-refractivity contribution in [2.45, 2.75) is 18.9 Å². The van der Waals surface area contributed by atoms with Crippen LogP contribution in [0.25, 0.3) is 0 Å². The number of aliphatic carboxylic acids is 1. The van der Waals surface area contributed by atoms with Crippen molar-refractivity contribution in [3.05, 3.63) is 166 Å². The second-order valence-corrected chi connectivity index (χ2v) is 11.2. The van der Waals surface area contributed by atoms with Gasteiger partial charge in [0.15, 0.2) is 0 Å². The van der Waals surface area contributed by atoms with E-state index >= 15 is 0 Å². The molecule has 1 heterocycles. The molecule has 1 unspecified atom stereocenters. The summed E-state index contributed by atoms with van der Waals surface area (Å²) < 4.78 is 0. The largest absolute Gasteiger partial charge is 2.00 e. The molecular formula is C36H27Cl2N3NiO3. The Morgan fingerprint density at radius 2 is 1.31 bits per heavy atom. The van der Waals surface area contributed by atoms with Gasteiger partial charge in [0.2, 0.25) is 0 Å². The Labute approximate surface area is 282 Å². The third kappa shape index (κ3) is 8.67. The summed E-state index contributed by atoms with van der Waals surface area (Å²) >= 11 is 12.2. The summed E-state index contributed by atoms with van der Waals surface area (Å²) in [7, 11) is 0. The molecule has 0 saturated carbocycles. The van der Waals surface area contributed by atoms with E-state index < -0.39 is 23.3 Å². The van der Waals surface area contributed by atoms with Crippen LogP contribution in [0.2, 0.25) is 10.0 Å². The van der Waals surface area contributed by atoms with E-state index in [-0.39, 0.29) is 35.0 Å². The number of rotatable bonds is 11. The summed E-state index contributed by atoms with van der Waals surface area (Å²) in [6.07, 6.45) is 3.21. The molecule has 4 aromatic carbocycles. The molecule has 0 aliphatic heterocycles. The minimum absolute atomic E-state index is 0. The Morgan fingerprint density at radius 1 is 0.756 bits per heavy atom. The van der Waals surface area contributed by atoms with Gasteiger partial charge in [-0.3, -0.25) is 15.0 Å². The summed E-state index contributed by atoms with van der Waals surface area (Å²) in [5.74, 6) is -1.77. The average Bonchev–Trinajstić information content (AvgIpc) is 3.05.